The second kappa shape index (κ2) is 5.55. The lowest BCUT2D eigenvalue weighted by molar-refractivity contribution is 0.0262. The third kappa shape index (κ3) is 2.74. The molecule has 1 saturated carbocycles. The lowest BCUT2D eigenvalue weighted by atomic mass is 9.88. The van der Waals surface area contributed by atoms with E-state index in [1.165, 1.54) is 44.3 Å². The Kier molecular flexibility index (Phi) is 3.97. The van der Waals surface area contributed by atoms with Gasteiger partial charge in [-0.3, -0.25) is 4.90 Å². The quantitative estimate of drug-likeness (QED) is 0.910. The number of piperazine rings is 1. The zero-order valence-electron chi connectivity index (χ0n) is 12.2. The summed E-state index contributed by atoms with van der Waals surface area (Å²) in [4.78, 5) is 2.79. The van der Waals surface area contributed by atoms with Gasteiger partial charge in [0.25, 0.3) is 0 Å². The molecular formula is C16H26N2S. The minimum atomic E-state index is 0.452. The number of nitrogens with one attached hydrogen (secondary N) is 1. The van der Waals surface area contributed by atoms with E-state index in [-0.39, 0.29) is 0 Å². The molecule has 1 aromatic heterocycles. The Balaban J connectivity index is 1.77. The second-order valence-electron chi connectivity index (χ2n) is 6.67. The predicted molar refractivity (Wildman–Crippen MR) is 82.6 cm³/mol. The minimum Gasteiger partial charge on any atom is -0.311 e. The molecule has 0 aromatic carbocycles. The van der Waals surface area contributed by atoms with Crippen LogP contribution >= 0.6 is 11.3 Å². The number of hydrogen-bond donors (Lipinski definition) is 1. The first-order valence-electron chi connectivity index (χ1n) is 7.69. The van der Waals surface area contributed by atoms with Crippen LogP contribution in [0.3, 0.4) is 0 Å². The zero-order valence-corrected chi connectivity index (χ0v) is 13.0. The van der Waals surface area contributed by atoms with Crippen LogP contribution in [-0.4, -0.2) is 29.6 Å². The summed E-state index contributed by atoms with van der Waals surface area (Å²) in [5, 5.41) is 8.34. The monoisotopic (exact) mass is 278 g/mol. The van der Waals surface area contributed by atoms with Gasteiger partial charge in [0.1, 0.15) is 0 Å². The third-order valence-corrected chi connectivity index (χ3v) is 5.81. The van der Waals surface area contributed by atoms with E-state index in [1.807, 2.05) is 11.3 Å². The van der Waals surface area contributed by atoms with E-state index < -0.39 is 0 Å². The largest absolute Gasteiger partial charge is 0.311 e. The molecule has 2 nitrogen and oxygen atoms in total. The number of nitrogens with zero attached hydrogens (tertiary/aromatic N) is 1. The Morgan fingerprint density at radius 2 is 2.21 bits per heavy atom. The zero-order chi connectivity index (χ0) is 13.3. The number of rotatable bonds is 3. The Bertz CT molecular complexity index is 393. The van der Waals surface area contributed by atoms with Crippen LogP contribution in [0.25, 0.3) is 0 Å². The van der Waals surface area contributed by atoms with E-state index in [2.05, 4.69) is 40.9 Å². The van der Waals surface area contributed by atoms with E-state index >= 15 is 0 Å². The molecule has 1 aromatic rings. The molecule has 19 heavy (non-hydrogen) atoms. The van der Waals surface area contributed by atoms with E-state index in [0.29, 0.717) is 11.6 Å². The first-order valence-corrected chi connectivity index (χ1v) is 8.63. The van der Waals surface area contributed by atoms with Crippen molar-refractivity contribution in [3.05, 3.63) is 22.4 Å². The molecular weight excluding hydrogens is 252 g/mol. The Hall–Kier alpha value is -0.380. The standard InChI is InChI=1S/C16H26N2S/c1-13(2)15-10-18(9-14-5-8-19-11-14)16(12-17-15)6-3-4-7-16/h5,8,11,13,15,17H,3-4,6-7,9-10,12H2,1-2H3. The summed E-state index contributed by atoms with van der Waals surface area (Å²) < 4.78 is 0. The van der Waals surface area contributed by atoms with Crippen LogP contribution in [0.2, 0.25) is 0 Å². The van der Waals surface area contributed by atoms with Gasteiger partial charge >= 0.3 is 0 Å². The van der Waals surface area contributed by atoms with Crippen molar-refractivity contribution in [1.82, 2.24) is 10.2 Å². The summed E-state index contributed by atoms with van der Waals surface area (Å²) >= 11 is 1.82. The van der Waals surface area contributed by atoms with Crippen molar-refractivity contribution in [3.63, 3.8) is 0 Å². The Morgan fingerprint density at radius 1 is 1.42 bits per heavy atom. The normalized spacial score (nSPS) is 27.4. The smallest absolute Gasteiger partial charge is 0.0338 e. The number of hydrogen-bond acceptors (Lipinski definition) is 3. The molecule has 0 radical (unpaired) electrons. The molecule has 1 saturated heterocycles. The van der Waals surface area contributed by atoms with E-state index in [9.17, 15) is 0 Å². The van der Waals surface area contributed by atoms with Gasteiger partial charge in [-0.2, -0.15) is 11.3 Å². The van der Waals surface area contributed by atoms with Crippen molar-refractivity contribution < 1.29 is 0 Å². The van der Waals surface area contributed by atoms with Gasteiger partial charge in [0.2, 0.25) is 0 Å². The highest BCUT2D eigenvalue weighted by molar-refractivity contribution is 7.07. The fourth-order valence-electron chi connectivity index (χ4n) is 3.74. The molecule has 0 amide bonds. The second-order valence-corrected chi connectivity index (χ2v) is 7.46. The summed E-state index contributed by atoms with van der Waals surface area (Å²) in [5.41, 5.74) is 1.95. The van der Waals surface area contributed by atoms with Gasteiger partial charge in [0.05, 0.1) is 0 Å². The van der Waals surface area contributed by atoms with E-state index in [0.717, 1.165) is 12.5 Å². The molecule has 1 aliphatic heterocycles. The predicted octanol–water partition coefficient (Wildman–Crippen LogP) is 3.49. The third-order valence-electron chi connectivity index (χ3n) is 5.07. The lowest BCUT2D eigenvalue weighted by Gasteiger charge is -2.49. The summed E-state index contributed by atoms with van der Waals surface area (Å²) in [6, 6.07) is 2.95. The van der Waals surface area contributed by atoms with Gasteiger partial charge in [0.15, 0.2) is 0 Å². The van der Waals surface area contributed by atoms with Crippen LogP contribution in [0.4, 0.5) is 0 Å². The highest BCUT2D eigenvalue weighted by Gasteiger charge is 2.43. The molecule has 1 spiro atoms. The molecule has 3 heteroatoms. The molecule has 1 atom stereocenters. The van der Waals surface area contributed by atoms with Crippen LogP contribution < -0.4 is 5.32 Å². The summed E-state index contributed by atoms with van der Waals surface area (Å²) in [6.07, 6.45) is 5.59. The summed E-state index contributed by atoms with van der Waals surface area (Å²) in [7, 11) is 0. The van der Waals surface area contributed by atoms with Gasteiger partial charge in [-0.15, -0.1) is 0 Å². The average molecular weight is 278 g/mol. The molecule has 3 rings (SSSR count). The summed E-state index contributed by atoms with van der Waals surface area (Å²) in [6.45, 7) is 8.24. The minimum absolute atomic E-state index is 0.452. The molecule has 2 aliphatic rings. The Morgan fingerprint density at radius 3 is 2.84 bits per heavy atom. The maximum atomic E-state index is 3.82. The van der Waals surface area contributed by atoms with Gasteiger partial charge in [0, 0.05) is 31.2 Å². The highest BCUT2D eigenvalue weighted by atomic mass is 32.1. The molecule has 2 fully saturated rings. The molecule has 1 unspecified atom stereocenters. The Labute approximate surface area is 121 Å². The van der Waals surface area contributed by atoms with Crippen molar-refractivity contribution in [3.8, 4) is 0 Å². The van der Waals surface area contributed by atoms with Crippen LogP contribution in [-0.2, 0) is 6.54 Å². The van der Waals surface area contributed by atoms with Crippen molar-refractivity contribution in [2.24, 2.45) is 5.92 Å². The number of thiophene rings is 1. The first-order chi connectivity index (χ1) is 9.20. The summed E-state index contributed by atoms with van der Waals surface area (Å²) in [5.74, 6) is 0.726. The molecule has 1 N–H and O–H groups in total. The van der Waals surface area contributed by atoms with Gasteiger partial charge in [-0.05, 0) is 41.1 Å². The van der Waals surface area contributed by atoms with E-state index in [1.54, 1.807) is 0 Å². The molecule has 2 heterocycles. The van der Waals surface area contributed by atoms with Crippen LogP contribution in [0.1, 0.15) is 45.1 Å². The van der Waals surface area contributed by atoms with E-state index in [4.69, 9.17) is 0 Å². The molecule has 1 aliphatic carbocycles. The molecule has 0 bridgehead atoms. The van der Waals surface area contributed by atoms with Crippen molar-refractivity contribution in [1.29, 1.82) is 0 Å². The van der Waals surface area contributed by atoms with Crippen molar-refractivity contribution >= 4 is 11.3 Å². The van der Waals surface area contributed by atoms with Crippen LogP contribution in [0.5, 0.6) is 0 Å². The molecule has 106 valence electrons. The van der Waals surface area contributed by atoms with Crippen molar-refractivity contribution in [2.45, 2.75) is 57.7 Å². The fourth-order valence-corrected chi connectivity index (χ4v) is 4.40. The SMILES string of the molecule is CC(C)C1CN(Cc2ccsc2)C2(CCCC2)CN1. The maximum Gasteiger partial charge on any atom is 0.0338 e. The van der Waals surface area contributed by atoms with Crippen molar-refractivity contribution in [2.75, 3.05) is 13.1 Å². The topological polar surface area (TPSA) is 15.3 Å². The lowest BCUT2D eigenvalue weighted by Crippen LogP contribution is -2.64. The highest BCUT2D eigenvalue weighted by Crippen LogP contribution is 2.38. The van der Waals surface area contributed by atoms with Crippen LogP contribution in [0, 0.1) is 5.92 Å². The maximum absolute atomic E-state index is 3.82. The van der Waals surface area contributed by atoms with Gasteiger partial charge < -0.3 is 5.32 Å². The fraction of sp³-hybridized carbons (Fsp3) is 0.750. The van der Waals surface area contributed by atoms with Crippen LogP contribution in [0.15, 0.2) is 16.8 Å². The first kappa shape index (κ1) is 13.6. The average Bonchev–Trinajstić information content (AvgIpc) is 3.04. The van der Waals surface area contributed by atoms with Gasteiger partial charge in [-0.1, -0.05) is 26.7 Å². The van der Waals surface area contributed by atoms with Gasteiger partial charge in [-0.25, -0.2) is 0 Å².